The Bertz CT molecular complexity index is 735. The Hall–Kier alpha value is -2.20. The fourth-order valence-corrected chi connectivity index (χ4v) is 3.30. The average Bonchev–Trinajstić information content (AvgIpc) is 2.51. The van der Waals surface area contributed by atoms with Crippen molar-refractivity contribution < 1.29 is 14.6 Å². The van der Waals surface area contributed by atoms with Gasteiger partial charge < -0.3 is 9.84 Å². The molecule has 4 heteroatoms. The normalized spacial score (nSPS) is 15.9. The van der Waals surface area contributed by atoms with Gasteiger partial charge in [-0.15, -0.1) is 11.8 Å². The Morgan fingerprint density at radius 1 is 1.24 bits per heavy atom. The van der Waals surface area contributed by atoms with E-state index in [0.717, 1.165) is 21.6 Å². The van der Waals surface area contributed by atoms with Crippen LogP contribution in [0.5, 0.6) is 11.5 Å². The van der Waals surface area contributed by atoms with Gasteiger partial charge in [0.1, 0.15) is 0 Å². The molecule has 2 aromatic carbocycles. The van der Waals surface area contributed by atoms with E-state index in [1.54, 1.807) is 23.9 Å². The summed E-state index contributed by atoms with van der Waals surface area (Å²) in [6.45, 7) is 0. The molecule has 3 nitrogen and oxygen atoms in total. The number of phenolic OH excluding ortho intramolecular Hbond substituents is 1. The molecule has 0 bridgehead atoms. The molecule has 0 aliphatic carbocycles. The maximum atomic E-state index is 12.5. The van der Waals surface area contributed by atoms with E-state index < -0.39 is 0 Å². The van der Waals surface area contributed by atoms with E-state index in [9.17, 15) is 9.90 Å². The summed E-state index contributed by atoms with van der Waals surface area (Å²) in [6.07, 6.45) is 1.82. The van der Waals surface area contributed by atoms with Crippen LogP contribution < -0.4 is 4.74 Å². The van der Waals surface area contributed by atoms with Crippen LogP contribution in [0.1, 0.15) is 15.9 Å². The van der Waals surface area contributed by atoms with E-state index >= 15 is 0 Å². The van der Waals surface area contributed by atoms with Crippen molar-refractivity contribution in [3.63, 3.8) is 0 Å². The number of benzene rings is 2. The SMILES string of the molecule is COc1ccc(/C=C2/CSc3ccccc3C2=O)cc1O. The molecular weight excluding hydrogens is 284 g/mol. The summed E-state index contributed by atoms with van der Waals surface area (Å²) in [5.41, 5.74) is 2.28. The van der Waals surface area contributed by atoms with E-state index in [1.807, 2.05) is 36.4 Å². The molecule has 0 saturated carbocycles. The summed E-state index contributed by atoms with van der Waals surface area (Å²) in [5, 5.41) is 9.80. The molecule has 1 N–H and O–H groups in total. The number of fused-ring (bicyclic) bond motifs is 1. The molecule has 1 aliphatic heterocycles. The van der Waals surface area contributed by atoms with Crippen LogP contribution in [0.4, 0.5) is 0 Å². The third kappa shape index (κ3) is 2.67. The minimum atomic E-state index is 0.0552. The quantitative estimate of drug-likeness (QED) is 0.857. The van der Waals surface area contributed by atoms with Gasteiger partial charge in [0.15, 0.2) is 17.3 Å². The minimum absolute atomic E-state index is 0.0552. The molecule has 0 atom stereocenters. The van der Waals surface area contributed by atoms with Crippen LogP contribution in [0.2, 0.25) is 0 Å². The number of hydrogen-bond donors (Lipinski definition) is 1. The number of phenols is 1. The van der Waals surface area contributed by atoms with Gasteiger partial charge in [0.05, 0.1) is 7.11 Å². The zero-order valence-corrected chi connectivity index (χ0v) is 12.3. The zero-order valence-electron chi connectivity index (χ0n) is 11.5. The highest BCUT2D eigenvalue weighted by molar-refractivity contribution is 7.99. The molecule has 1 heterocycles. The fourth-order valence-electron chi connectivity index (χ4n) is 2.28. The van der Waals surface area contributed by atoms with Crippen LogP contribution in [0.3, 0.4) is 0 Å². The van der Waals surface area contributed by atoms with E-state index in [-0.39, 0.29) is 11.5 Å². The largest absolute Gasteiger partial charge is 0.504 e. The lowest BCUT2D eigenvalue weighted by atomic mass is 10.0. The second kappa shape index (κ2) is 5.66. The van der Waals surface area contributed by atoms with Gasteiger partial charge in [-0.3, -0.25) is 4.79 Å². The Kier molecular flexibility index (Phi) is 3.71. The molecule has 3 rings (SSSR count). The monoisotopic (exact) mass is 298 g/mol. The number of thioether (sulfide) groups is 1. The first kappa shape index (κ1) is 13.8. The van der Waals surface area contributed by atoms with Gasteiger partial charge in [-0.2, -0.15) is 0 Å². The Balaban J connectivity index is 1.95. The van der Waals surface area contributed by atoms with Gasteiger partial charge in [0, 0.05) is 21.8 Å². The first-order valence-corrected chi connectivity index (χ1v) is 7.51. The summed E-state index contributed by atoms with van der Waals surface area (Å²) in [6, 6.07) is 12.7. The number of carbonyl (C=O) groups is 1. The fraction of sp³-hybridized carbons (Fsp3) is 0.118. The molecule has 0 aromatic heterocycles. The highest BCUT2D eigenvalue weighted by atomic mass is 32.2. The standard InChI is InChI=1S/C17H14O3S/c1-20-15-7-6-11(9-14(15)18)8-12-10-21-16-5-3-2-4-13(16)17(12)19/h2-9,18H,10H2,1H3/b12-8-. The van der Waals surface area contributed by atoms with Crippen molar-refractivity contribution in [3.05, 3.63) is 59.2 Å². The maximum Gasteiger partial charge on any atom is 0.191 e. The molecule has 0 spiro atoms. The lowest BCUT2D eigenvalue weighted by Crippen LogP contribution is -2.11. The third-order valence-corrected chi connectivity index (χ3v) is 4.47. The molecule has 0 fully saturated rings. The van der Waals surface area contributed by atoms with Crippen molar-refractivity contribution in [3.8, 4) is 11.5 Å². The smallest absolute Gasteiger partial charge is 0.191 e. The molecule has 21 heavy (non-hydrogen) atoms. The van der Waals surface area contributed by atoms with E-state index in [0.29, 0.717) is 11.5 Å². The molecule has 106 valence electrons. The number of rotatable bonds is 2. The van der Waals surface area contributed by atoms with Crippen molar-refractivity contribution >= 4 is 23.6 Å². The molecule has 0 radical (unpaired) electrons. The number of hydrogen-bond acceptors (Lipinski definition) is 4. The minimum Gasteiger partial charge on any atom is -0.504 e. The van der Waals surface area contributed by atoms with E-state index in [2.05, 4.69) is 0 Å². The van der Waals surface area contributed by atoms with Gasteiger partial charge in [-0.25, -0.2) is 0 Å². The first-order valence-electron chi connectivity index (χ1n) is 6.53. The Labute approximate surface area is 127 Å². The Morgan fingerprint density at radius 3 is 2.81 bits per heavy atom. The topological polar surface area (TPSA) is 46.5 Å². The van der Waals surface area contributed by atoms with Crippen molar-refractivity contribution in [1.29, 1.82) is 0 Å². The second-order valence-corrected chi connectivity index (χ2v) is 5.73. The van der Waals surface area contributed by atoms with Crippen LogP contribution in [0.15, 0.2) is 52.9 Å². The molecular formula is C17H14O3S. The van der Waals surface area contributed by atoms with Crippen LogP contribution in [0, 0.1) is 0 Å². The number of carbonyl (C=O) groups excluding carboxylic acids is 1. The van der Waals surface area contributed by atoms with Gasteiger partial charge >= 0.3 is 0 Å². The van der Waals surface area contributed by atoms with E-state index in [4.69, 9.17) is 4.74 Å². The number of methoxy groups -OCH3 is 1. The molecule has 1 aliphatic rings. The van der Waals surface area contributed by atoms with Crippen molar-refractivity contribution in [2.45, 2.75) is 4.90 Å². The molecule has 0 amide bonds. The molecule has 0 unspecified atom stereocenters. The summed E-state index contributed by atoms with van der Waals surface area (Å²) < 4.78 is 5.02. The third-order valence-electron chi connectivity index (χ3n) is 3.35. The van der Waals surface area contributed by atoms with Crippen molar-refractivity contribution in [2.24, 2.45) is 0 Å². The summed E-state index contributed by atoms with van der Waals surface area (Å²) >= 11 is 1.66. The highest BCUT2D eigenvalue weighted by Crippen LogP contribution is 2.34. The van der Waals surface area contributed by atoms with Crippen LogP contribution in [-0.2, 0) is 0 Å². The van der Waals surface area contributed by atoms with Crippen molar-refractivity contribution in [1.82, 2.24) is 0 Å². The number of Topliss-reactive ketones (excluding diaryl/α,β-unsaturated/α-hetero) is 1. The highest BCUT2D eigenvalue weighted by Gasteiger charge is 2.21. The van der Waals surface area contributed by atoms with Gasteiger partial charge in [0.2, 0.25) is 0 Å². The first-order chi connectivity index (χ1) is 10.2. The average molecular weight is 298 g/mol. The lowest BCUT2D eigenvalue weighted by Gasteiger charge is -2.16. The lowest BCUT2D eigenvalue weighted by molar-refractivity contribution is 0.103. The molecule has 2 aromatic rings. The number of aromatic hydroxyl groups is 1. The second-order valence-electron chi connectivity index (χ2n) is 4.71. The predicted octanol–water partition coefficient (Wildman–Crippen LogP) is 3.77. The van der Waals surface area contributed by atoms with E-state index in [1.165, 1.54) is 7.11 Å². The molecule has 0 saturated heterocycles. The maximum absolute atomic E-state index is 12.5. The van der Waals surface area contributed by atoms with Gasteiger partial charge in [0.25, 0.3) is 0 Å². The van der Waals surface area contributed by atoms with Gasteiger partial charge in [-0.1, -0.05) is 18.2 Å². The van der Waals surface area contributed by atoms with Gasteiger partial charge in [-0.05, 0) is 35.9 Å². The number of ketones is 1. The van der Waals surface area contributed by atoms with Crippen molar-refractivity contribution in [2.75, 3.05) is 12.9 Å². The Morgan fingerprint density at radius 2 is 2.05 bits per heavy atom. The summed E-state index contributed by atoms with van der Waals surface area (Å²) in [4.78, 5) is 13.5. The van der Waals surface area contributed by atoms with Crippen LogP contribution in [-0.4, -0.2) is 23.8 Å². The summed E-state index contributed by atoms with van der Waals surface area (Å²) in [5.74, 6) is 1.19. The zero-order chi connectivity index (χ0) is 14.8. The number of ether oxygens (including phenoxy) is 1. The van der Waals surface area contributed by atoms with Crippen LogP contribution in [0.25, 0.3) is 6.08 Å². The summed E-state index contributed by atoms with van der Waals surface area (Å²) in [7, 11) is 1.51. The van der Waals surface area contributed by atoms with Crippen LogP contribution >= 0.6 is 11.8 Å². The predicted molar refractivity (Wildman–Crippen MR) is 84.1 cm³/mol.